The first-order chi connectivity index (χ1) is 7.19. The first-order valence-electron chi connectivity index (χ1n) is 5.15. The van der Waals surface area contributed by atoms with Crippen LogP contribution in [0.5, 0.6) is 5.75 Å². The second-order valence-electron chi connectivity index (χ2n) is 3.69. The van der Waals surface area contributed by atoms with Crippen molar-refractivity contribution in [3.63, 3.8) is 0 Å². The normalized spacial score (nSPS) is 12.5. The molecule has 0 saturated heterocycles. The molecule has 0 heterocycles. The largest absolute Gasteiger partial charge is 0.492 e. The number of para-hydroxylation sites is 1. The molecular weight excluding hydrogens is 275 g/mol. The number of ether oxygens (including phenoxy) is 1. The first kappa shape index (κ1) is 12.9. The van der Waals surface area contributed by atoms with E-state index < -0.39 is 0 Å². The van der Waals surface area contributed by atoms with Gasteiger partial charge in [0.05, 0.1) is 17.0 Å². The lowest BCUT2D eigenvalue weighted by Gasteiger charge is -2.14. The fourth-order valence-corrected chi connectivity index (χ4v) is 1.90. The molecule has 0 aliphatic rings. The van der Waals surface area contributed by atoms with Gasteiger partial charge >= 0.3 is 0 Å². The quantitative estimate of drug-likeness (QED) is 0.720. The van der Waals surface area contributed by atoms with E-state index in [-0.39, 0.29) is 0 Å². The summed E-state index contributed by atoms with van der Waals surface area (Å²) in [5.41, 5.74) is 1.04. The van der Waals surface area contributed by atoms with Gasteiger partial charge in [-0.2, -0.15) is 0 Å². The van der Waals surface area contributed by atoms with Gasteiger partial charge in [0.2, 0.25) is 0 Å². The summed E-state index contributed by atoms with van der Waals surface area (Å²) in [5, 5.41) is 0. The number of hydrogen-bond donors (Lipinski definition) is 0. The van der Waals surface area contributed by atoms with Crippen LogP contribution < -0.4 is 4.74 Å². The zero-order chi connectivity index (χ0) is 11.3. The Bertz CT molecular complexity index is 314. The third kappa shape index (κ3) is 3.69. The maximum absolute atomic E-state index is 5.85. The van der Waals surface area contributed by atoms with Crippen molar-refractivity contribution in [2.45, 2.75) is 26.1 Å². The molecular formula is C12H16BrClO. The van der Waals surface area contributed by atoms with Crippen LogP contribution in [0, 0.1) is 5.92 Å². The summed E-state index contributed by atoms with van der Waals surface area (Å²) in [6.07, 6.45) is 1.13. The van der Waals surface area contributed by atoms with Crippen molar-refractivity contribution in [2.24, 2.45) is 5.92 Å². The zero-order valence-electron chi connectivity index (χ0n) is 9.09. The molecule has 0 aliphatic heterocycles. The van der Waals surface area contributed by atoms with Crippen LogP contribution in [0.25, 0.3) is 0 Å². The lowest BCUT2D eigenvalue weighted by atomic mass is 10.1. The van der Waals surface area contributed by atoms with Crippen LogP contribution >= 0.6 is 27.5 Å². The van der Waals surface area contributed by atoms with Crippen molar-refractivity contribution in [1.82, 2.24) is 0 Å². The molecule has 1 unspecified atom stereocenters. The van der Waals surface area contributed by atoms with Gasteiger partial charge in [-0.25, -0.2) is 0 Å². The smallest absolute Gasteiger partial charge is 0.137 e. The van der Waals surface area contributed by atoms with Gasteiger partial charge in [-0.05, 0) is 27.9 Å². The van der Waals surface area contributed by atoms with Gasteiger partial charge in [0.15, 0.2) is 0 Å². The van der Waals surface area contributed by atoms with Crippen LogP contribution in [-0.2, 0) is 5.88 Å². The van der Waals surface area contributed by atoms with Crippen LogP contribution in [0.15, 0.2) is 22.7 Å². The molecule has 0 spiro atoms. The van der Waals surface area contributed by atoms with Crippen LogP contribution in [0.4, 0.5) is 0 Å². The maximum Gasteiger partial charge on any atom is 0.137 e. The van der Waals surface area contributed by atoms with Crippen molar-refractivity contribution in [2.75, 3.05) is 6.61 Å². The fraction of sp³-hybridized carbons (Fsp3) is 0.500. The van der Waals surface area contributed by atoms with Crippen LogP contribution in [-0.4, -0.2) is 6.61 Å². The molecule has 15 heavy (non-hydrogen) atoms. The van der Waals surface area contributed by atoms with Gasteiger partial charge in [-0.3, -0.25) is 0 Å². The van der Waals surface area contributed by atoms with E-state index in [2.05, 4.69) is 29.8 Å². The Balaban J connectivity index is 2.74. The Labute approximate surface area is 105 Å². The molecule has 0 bridgehead atoms. The standard InChI is InChI=1S/C12H16BrClO/c1-3-9(2)8-15-12-10(7-14)5-4-6-11(12)13/h4-6,9H,3,7-8H2,1-2H3. The third-order valence-electron chi connectivity index (χ3n) is 2.40. The first-order valence-corrected chi connectivity index (χ1v) is 6.48. The Morgan fingerprint density at radius 3 is 2.80 bits per heavy atom. The number of benzene rings is 1. The molecule has 0 amide bonds. The van der Waals surface area contributed by atoms with Crippen LogP contribution in [0.1, 0.15) is 25.8 Å². The molecule has 0 aliphatic carbocycles. The highest BCUT2D eigenvalue weighted by Crippen LogP contribution is 2.30. The van der Waals surface area contributed by atoms with E-state index in [4.69, 9.17) is 16.3 Å². The fourth-order valence-electron chi connectivity index (χ4n) is 1.16. The lowest BCUT2D eigenvalue weighted by Crippen LogP contribution is -2.08. The molecule has 1 aromatic rings. The SMILES string of the molecule is CCC(C)COc1c(Br)cccc1CCl. The Kier molecular flexibility index (Phi) is 5.48. The minimum atomic E-state index is 0.481. The van der Waals surface area contributed by atoms with Gasteiger partial charge in [-0.1, -0.05) is 32.4 Å². The Morgan fingerprint density at radius 2 is 2.20 bits per heavy atom. The third-order valence-corrected chi connectivity index (χ3v) is 3.31. The molecule has 0 aromatic heterocycles. The molecule has 0 radical (unpaired) electrons. The molecule has 0 saturated carbocycles. The summed E-state index contributed by atoms with van der Waals surface area (Å²) in [6, 6.07) is 5.93. The Morgan fingerprint density at radius 1 is 1.47 bits per heavy atom. The van der Waals surface area contributed by atoms with E-state index in [1.54, 1.807) is 0 Å². The van der Waals surface area contributed by atoms with Gasteiger partial charge in [0.1, 0.15) is 5.75 Å². The number of alkyl halides is 1. The molecule has 0 fully saturated rings. The second kappa shape index (κ2) is 6.39. The van der Waals surface area contributed by atoms with Gasteiger partial charge < -0.3 is 4.74 Å². The van der Waals surface area contributed by atoms with Crippen molar-refractivity contribution in [3.05, 3.63) is 28.2 Å². The Hall–Kier alpha value is -0.210. The monoisotopic (exact) mass is 290 g/mol. The molecule has 3 heteroatoms. The van der Waals surface area contributed by atoms with Crippen molar-refractivity contribution < 1.29 is 4.74 Å². The molecule has 1 nitrogen and oxygen atoms in total. The summed E-state index contributed by atoms with van der Waals surface area (Å²) < 4.78 is 6.76. The maximum atomic E-state index is 5.85. The summed E-state index contributed by atoms with van der Waals surface area (Å²) in [4.78, 5) is 0. The van der Waals surface area contributed by atoms with E-state index in [0.29, 0.717) is 11.8 Å². The van der Waals surface area contributed by atoms with E-state index >= 15 is 0 Å². The molecule has 1 aromatic carbocycles. The average Bonchev–Trinajstić information content (AvgIpc) is 2.26. The highest BCUT2D eigenvalue weighted by atomic mass is 79.9. The zero-order valence-corrected chi connectivity index (χ0v) is 11.4. The van der Waals surface area contributed by atoms with Crippen molar-refractivity contribution in [3.8, 4) is 5.75 Å². The lowest BCUT2D eigenvalue weighted by molar-refractivity contribution is 0.253. The van der Waals surface area contributed by atoms with E-state index in [9.17, 15) is 0 Å². The minimum Gasteiger partial charge on any atom is -0.492 e. The van der Waals surface area contributed by atoms with E-state index in [0.717, 1.165) is 28.8 Å². The average molecular weight is 292 g/mol. The highest BCUT2D eigenvalue weighted by Gasteiger charge is 2.08. The summed E-state index contributed by atoms with van der Waals surface area (Å²) in [7, 11) is 0. The predicted molar refractivity (Wildman–Crippen MR) is 68.6 cm³/mol. The number of halogens is 2. The molecule has 84 valence electrons. The van der Waals surface area contributed by atoms with Crippen LogP contribution in [0.3, 0.4) is 0 Å². The van der Waals surface area contributed by atoms with Crippen molar-refractivity contribution in [1.29, 1.82) is 0 Å². The van der Waals surface area contributed by atoms with Crippen LogP contribution in [0.2, 0.25) is 0 Å². The van der Waals surface area contributed by atoms with E-state index in [1.165, 1.54) is 0 Å². The van der Waals surface area contributed by atoms with Gasteiger partial charge in [0, 0.05) is 5.56 Å². The minimum absolute atomic E-state index is 0.481. The van der Waals surface area contributed by atoms with Gasteiger partial charge in [-0.15, -0.1) is 11.6 Å². The summed E-state index contributed by atoms with van der Waals surface area (Å²) in [6.45, 7) is 5.08. The van der Waals surface area contributed by atoms with Gasteiger partial charge in [0.25, 0.3) is 0 Å². The summed E-state index contributed by atoms with van der Waals surface area (Å²) in [5.74, 6) is 1.93. The molecule has 1 atom stereocenters. The second-order valence-corrected chi connectivity index (χ2v) is 4.81. The van der Waals surface area contributed by atoms with Crippen molar-refractivity contribution >= 4 is 27.5 Å². The number of rotatable bonds is 5. The topological polar surface area (TPSA) is 9.23 Å². The highest BCUT2D eigenvalue weighted by molar-refractivity contribution is 9.10. The number of hydrogen-bond acceptors (Lipinski definition) is 1. The summed E-state index contributed by atoms with van der Waals surface area (Å²) >= 11 is 9.33. The predicted octanol–water partition coefficient (Wildman–Crippen LogP) is 4.61. The van der Waals surface area contributed by atoms with E-state index in [1.807, 2.05) is 18.2 Å². The molecule has 0 N–H and O–H groups in total. The molecule has 1 rings (SSSR count).